The molecule has 0 aliphatic heterocycles. The number of methoxy groups -OCH3 is 1. The lowest BCUT2D eigenvalue weighted by Crippen LogP contribution is -2.59. The van der Waals surface area contributed by atoms with Gasteiger partial charge in [0.25, 0.3) is 5.91 Å². The van der Waals surface area contributed by atoms with Crippen LogP contribution in [-0.2, 0) is 4.79 Å². The van der Waals surface area contributed by atoms with Gasteiger partial charge in [0.2, 0.25) is 5.91 Å². The molecule has 0 spiro atoms. The molecule has 2 N–H and O–H groups in total. The van der Waals surface area contributed by atoms with E-state index in [1.807, 2.05) is 0 Å². The SMILES string of the molecule is CCCCNC(=O)C1(NC(=O)c2ccc(OCCCC)c(OC)c2)CCCCC1. The van der Waals surface area contributed by atoms with Crippen LogP contribution in [-0.4, -0.2) is 37.6 Å². The van der Waals surface area contributed by atoms with E-state index in [1.54, 1.807) is 25.3 Å². The molecule has 2 amide bonds. The zero-order valence-corrected chi connectivity index (χ0v) is 18.1. The Morgan fingerprint density at radius 2 is 1.76 bits per heavy atom. The molecule has 1 aliphatic rings. The molecular weight excluding hydrogens is 368 g/mol. The summed E-state index contributed by atoms with van der Waals surface area (Å²) in [6.45, 7) is 5.45. The third kappa shape index (κ3) is 6.38. The molecular formula is C23H36N2O4. The van der Waals surface area contributed by atoms with Gasteiger partial charge in [-0.2, -0.15) is 0 Å². The Kier molecular flexibility index (Phi) is 9.29. The molecule has 1 fully saturated rings. The smallest absolute Gasteiger partial charge is 0.252 e. The van der Waals surface area contributed by atoms with Crippen molar-refractivity contribution in [2.75, 3.05) is 20.3 Å². The van der Waals surface area contributed by atoms with E-state index in [0.29, 0.717) is 43.1 Å². The predicted octanol–water partition coefficient (Wildman–Crippen LogP) is 4.22. The number of unbranched alkanes of at least 4 members (excludes halogenated alkanes) is 2. The van der Waals surface area contributed by atoms with Crippen LogP contribution in [0.5, 0.6) is 11.5 Å². The first-order chi connectivity index (χ1) is 14.1. The van der Waals surface area contributed by atoms with E-state index >= 15 is 0 Å². The summed E-state index contributed by atoms with van der Waals surface area (Å²) in [5, 5.41) is 6.06. The summed E-state index contributed by atoms with van der Waals surface area (Å²) < 4.78 is 11.2. The highest BCUT2D eigenvalue weighted by molar-refractivity contribution is 5.99. The van der Waals surface area contributed by atoms with Crippen LogP contribution in [0.15, 0.2) is 18.2 Å². The molecule has 0 saturated heterocycles. The molecule has 6 heteroatoms. The molecule has 0 unspecified atom stereocenters. The number of rotatable bonds is 11. The van der Waals surface area contributed by atoms with Crippen molar-refractivity contribution in [3.63, 3.8) is 0 Å². The minimum Gasteiger partial charge on any atom is -0.493 e. The first kappa shape index (κ1) is 23.0. The number of ether oxygens (including phenoxy) is 2. The van der Waals surface area contributed by atoms with E-state index in [4.69, 9.17) is 9.47 Å². The Balaban J connectivity index is 2.13. The van der Waals surface area contributed by atoms with Gasteiger partial charge in [0.15, 0.2) is 11.5 Å². The number of carbonyl (C=O) groups is 2. The van der Waals surface area contributed by atoms with Crippen molar-refractivity contribution < 1.29 is 19.1 Å². The summed E-state index contributed by atoms with van der Waals surface area (Å²) in [5.41, 5.74) is -0.358. The van der Waals surface area contributed by atoms with E-state index in [2.05, 4.69) is 24.5 Å². The van der Waals surface area contributed by atoms with Crippen molar-refractivity contribution in [3.8, 4) is 11.5 Å². The predicted molar refractivity (Wildman–Crippen MR) is 115 cm³/mol. The molecule has 29 heavy (non-hydrogen) atoms. The maximum absolute atomic E-state index is 13.0. The van der Waals surface area contributed by atoms with Gasteiger partial charge < -0.3 is 20.1 Å². The molecule has 1 saturated carbocycles. The maximum atomic E-state index is 13.0. The number of carbonyl (C=O) groups excluding carboxylic acids is 2. The largest absolute Gasteiger partial charge is 0.493 e. The molecule has 1 aromatic carbocycles. The first-order valence-corrected chi connectivity index (χ1v) is 11.0. The van der Waals surface area contributed by atoms with Gasteiger partial charge in [0.1, 0.15) is 5.54 Å². The van der Waals surface area contributed by atoms with Crippen LogP contribution >= 0.6 is 0 Å². The third-order valence-corrected chi connectivity index (χ3v) is 5.49. The van der Waals surface area contributed by atoms with Crippen molar-refractivity contribution in [1.29, 1.82) is 0 Å². The molecule has 2 rings (SSSR count). The second kappa shape index (κ2) is 11.7. The first-order valence-electron chi connectivity index (χ1n) is 11.0. The topological polar surface area (TPSA) is 76.7 Å². The summed E-state index contributed by atoms with van der Waals surface area (Å²) in [6, 6.07) is 5.17. The van der Waals surface area contributed by atoms with E-state index in [-0.39, 0.29) is 11.8 Å². The summed E-state index contributed by atoms with van der Waals surface area (Å²) in [4.78, 5) is 25.9. The van der Waals surface area contributed by atoms with Crippen LogP contribution in [0.25, 0.3) is 0 Å². The van der Waals surface area contributed by atoms with Gasteiger partial charge in [-0.3, -0.25) is 9.59 Å². The van der Waals surface area contributed by atoms with Crippen molar-refractivity contribution in [3.05, 3.63) is 23.8 Å². The Hall–Kier alpha value is -2.24. The van der Waals surface area contributed by atoms with E-state index < -0.39 is 5.54 Å². The maximum Gasteiger partial charge on any atom is 0.252 e. The molecule has 1 aliphatic carbocycles. The minimum absolute atomic E-state index is 0.0644. The summed E-state index contributed by atoms with van der Waals surface area (Å²) >= 11 is 0. The van der Waals surface area contributed by atoms with E-state index in [1.165, 1.54) is 0 Å². The zero-order chi connectivity index (χ0) is 21.1. The molecule has 162 valence electrons. The van der Waals surface area contributed by atoms with E-state index in [9.17, 15) is 9.59 Å². The lowest BCUT2D eigenvalue weighted by Gasteiger charge is -2.36. The summed E-state index contributed by atoms with van der Waals surface area (Å²) in [5.74, 6) is 0.836. The highest BCUT2D eigenvalue weighted by Gasteiger charge is 2.40. The molecule has 6 nitrogen and oxygen atoms in total. The number of hydrogen-bond acceptors (Lipinski definition) is 4. The van der Waals surface area contributed by atoms with Gasteiger partial charge in [0.05, 0.1) is 13.7 Å². The van der Waals surface area contributed by atoms with Crippen LogP contribution in [0.1, 0.15) is 82.0 Å². The van der Waals surface area contributed by atoms with Crippen LogP contribution in [0.2, 0.25) is 0 Å². The van der Waals surface area contributed by atoms with E-state index in [0.717, 1.165) is 44.9 Å². The Morgan fingerprint density at radius 3 is 2.41 bits per heavy atom. The van der Waals surface area contributed by atoms with Gasteiger partial charge in [-0.1, -0.05) is 46.0 Å². The van der Waals surface area contributed by atoms with Crippen molar-refractivity contribution in [2.45, 2.75) is 77.2 Å². The lowest BCUT2D eigenvalue weighted by atomic mass is 9.80. The van der Waals surface area contributed by atoms with Crippen LogP contribution in [0.4, 0.5) is 0 Å². The second-order valence-corrected chi connectivity index (χ2v) is 7.77. The molecule has 0 bridgehead atoms. The quantitative estimate of drug-likeness (QED) is 0.541. The average Bonchev–Trinajstić information content (AvgIpc) is 2.74. The van der Waals surface area contributed by atoms with Crippen LogP contribution in [0.3, 0.4) is 0 Å². The van der Waals surface area contributed by atoms with Crippen LogP contribution < -0.4 is 20.1 Å². The number of amides is 2. The highest BCUT2D eigenvalue weighted by Crippen LogP contribution is 2.31. The Morgan fingerprint density at radius 1 is 1.03 bits per heavy atom. The fourth-order valence-corrected chi connectivity index (χ4v) is 3.66. The van der Waals surface area contributed by atoms with Gasteiger partial charge in [-0.25, -0.2) is 0 Å². The third-order valence-electron chi connectivity index (χ3n) is 5.49. The molecule has 1 aromatic rings. The standard InChI is InChI=1S/C23H36N2O4/c1-4-6-15-24-22(27)23(13-9-8-10-14-23)25-21(26)18-11-12-19(20(17-18)28-3)29-16-7-5-2/h11-12,17H,4-10,13-16H2,1-3H3,(H,24,27)(H,25,26). The summed E-state index contributed by atoms with van der Waals surface area (Å²) in [6.07, 6.45) is 8.28. The minimum atomic E-state index is -0.827. The van der Waals surface area contributed by atoms with Gasteiger partial charge in [-0.15, -0.1) is 0 Å². The molecule has 0 radical (unpaired) electrons. The lowest BCUT2D eigenvalue weighted by molar-refractivity contribution is -0.128. The van der Waals surface area contributed by atoms with Crippen molar-refractivity contribution >= 4 is 11.8 Å². The fraction of sp³-hybridized carbons (Fsp3) is 0.652. The summed E-state index contributed by atoms with van der Waals surface area (Å²) in [7, 11) is 1.56. The van der Waals surface area contributed by atoms with Gasteiger partial charge in [0, 0.05) is 12.1 Å². The zero-order valence-electron chi connectivity index (χ0n) is 18.1. The Bertz CT molecular complexity index is 669. The normalized spacial score (nSPS) is 15.4. The van der Waals surface area contributed by atoms with Crippen molar-refractivity contribution in [1.82, 2.24) is 10.6 Å². The fourth-order valence-electron chi connectivity index (χ4n) is 3.66. The van der Waals surface area contributed by atoms with Gasteiger partial charge >= 0.3 is 0 Å². The molecule has 0 heterocycles. The molecule has 0 aromatic heterocycles. The number of nitrogens with one attached hydrogen (secondary N) is 2. The number of benzene rings is 1. The Labute approximate surface area is 174 Å². The van der Waals surface area contributed by atoms with Crippen molar-refractivity contribution in [2.24, 2.45) is 0 Å². The second-order valence-electron chi connectivity index (χ2n) is 7.77. The molecule has 0 atom stereocenters. The monoisotopic (exact) mass is 404 g/mol. The van der Waals surface area contributed by atoms with Gasteiger partial charge in [-0.05, 0) is 43.9 Å². The average molecular weight is 405 g/mol. The van der Waals surface area contributed by atoms with Crippen LogP contribution in [0, 0.1) is 0 Å². The number of hydrogen-bond donors (Lipinski definition) is 2. The highest BCUT2D eigenvalue weighted by atomic mass is 16.5.